The van der Waals surface area contributed by atoms with Crippen LogP contribution in [0.15, 0.2) is 47.1 Å². The molecule has 4 rings (SSSR count). The van der Waals surface area contributed by atoms with E-state index in [1.54, 1.807) is 33.8 Å². The molecule has 3 aromatic rings. The van der Waals surface area contributed by atoms with E-state index in [1.807, 2.05) is 44.2 Å². The molecule has 0 saturated carbocycles. The number of nitrogens with zero attached hydrogens (tertiary/aromatic N) is 6. The van der Waals surface area contributed by atoms with Gasteiger partial charge in [0.05, 0.1) is 37.3 Å². The molecule has 2 aromatic heterocycles. The zero-order valence-corrected chi connectivity index (χ0v) is 21.5. The van der Waals surface area contributed by atoms with Crippen LogP contribution in [0.1, 0.15) is 42.9 Å². The molecule has 1 N–H and O–H groups in total. The lowest BCUT2D eigenvalue weighted by molar-refractivity contribution is -0.136. The van der Waals surface area contributed by atoms with Gasteiger partial charge in [0.2, 0.25) is 5.91 Å². The molecule has 3 heterocycles. The van der Waals surface area contributed by atoms with Gasteiger partial charge in [0.1, 0.15) is 0 Å². The summed E-state index contributed by atoms with van der Waals surface area (Å²) in [4.78, 5) is 29.5. The molecule has 0 spiro atoms. The third kappa shape index (κ3) is 6.41. The Morgan fingerprint density at radius 2 is 2.08 bits per heavy atom. The number of fused-ring (bicyclic) bond motifs is 1. The van der Waals surface area contributed by atoms with E-state index in [4.69, 9.17) is 9.26 Å². The van der Waals surface area contributed by atoms with Crippen LogP contribution in [-0.4, -0.2) is 85.8 Å². The van der Waals surface area contributed by atoms with Crippen LogP contribution in [0.5, 0.6) is 0 Å². The Morgan fingerprint density at radius 3 is 2.84 bits per heavy atom. The van der Waals surface area contributed by atoms with Crippen LogP contribution in [0, 0.1) is 5.92 Å². The molecule has 2 amide bonds. The van der Waals surface area contributed by atoms with E-state index in [-0.39, 0.29) is 49.2 Å². The molecule has 198 valence electrons. The van der Waals surface area contributed by atoms with Gasteiger partial charge in [-0.05, 0) is 13.3 Å². The van der Waals surface area contributed by atoms with Crippen molar-refractivity contribution in [1.29, 1.82) is 0 Å². The van der Waals surface area contributed by atoms with Crippen molar-refractivity contribution in [2.24, 2.45) is 5.92 Å². The Hall–Kier alpha value is -3.57. The van der Waals surface area contributed by atoms with Crippen LogP contribution < -0.4 is 0 Å². The van der Waals surface area contributed by atoms with E-state index >= 15 is 0 Å². The van der Waals surface area contributed by atoms with Gasteiger partial charge in [-0.15, -0.1) is 5.10 Å². The minimum absolute atomic E-state index is 0.0325. The Bertz CT molecular complexity index is 1180. The van der Waals surface area contributed by atoms with Gasteiger partial charge in [0, 0.05) is 50.7 Å². The van der Waals surface area contributed by atoms with Crippen molar-refractivity contribution in [3.05, 3.63) is 54.0 Å². The zero-order chi connectivity index (χ0) is 26.4. The van der Waals surface area contributed by atoms with E-state index in [2.05, 4.69) is 15.5 Å². The number of aromatic nitrogens is 4. The molecule has 1 aliphatic heterocycles. The average Bonchev–Trinajstić information content (AvgIpc) is 3.58. The number of amides is 2. The van der Waals surface area contributed by atoms with Crippen LogP contribution in [0.4, 0.5) is 0 Å². The van der Waals surface area contributed by atoms with Crippen LogP contribution in [0.3, 0.4) is 0 Å². The first-order valence-corrected chi connectivity index (χ1v) is 12.5. The zero-order valence-electron chi connectivity index (χ0n) is 21.5. The molecule has 11 heteroatoms. The van der Waals surface area contributed by atoms with Crippen LogP contribution in [0.2, 0.25) is 0 Å². The highest BCUT2D eigenvalue weighted by Crippen LogP contribution is 2.22. The Morgan fingerprint density at radius 1 is 1.30 bits per heavy atom. The molecule has 0 unspecified atom stereocenters. The summed E-state index contributed by atoms with van der Waals surface area (Å²) >= 11 is 0. The van der Waals surface area contributed by atoms with Crippen molar-refractivity contribution in [2.45, 2.75) is 52.0 Å². The second kappa shape index (κ2) is 12.1. The number of hydrogen-bond donors (Lipinski definition) is 1. The maximum absolute atomic E-state index is 13.2. The third-order valence-electron chi connectivity index (χ3n) is 6.73. The van der Waals surface area contributed by atoms with Gasteiger partial charge < -0.3 is 24.2 Å². The van der Waals surface area contributed by atoms with E-state index < -0.39 is 6.10 Å². The smallest absolute Gasteiger partial charge is 0.275 e. The van der Waals surface area contributed by atoms with Crippen molar-refractivity contribution < 1.29 is 24.0 Å². The Kier molecular flexibility index (Phi) is 8.67. The fourth-order valence-electron chi connectivity index (χ4n) is 4.41. The number of aliphatic hydroxyl groups excluding tert-OH is 1. The van der Waals surface area contributed by atoms with Crippen molar-refractivity contribution in [3.63, 3.8) is 0 Å². The predicted octanol–water partition coefficient (Wildman–Crippen LogP) is 2.23. The number of hydrogen-bond acceptors (Lipinski definition) is 8. The lowest BCUT2D eigenvalue weighted by Crippen LogP contribution is -2.48. The highest BCUT2D eigenvalue weighted by atomic mass is 16.5. The molecular formula is C26H34N6O5. The fraction of sp³-hybridized carbons (Fsp3) is 0.500. The molecule has 11 nitrogen and oxygen atoms in total. The predicted molar refractivity (Wildman–Crippen MR) is 134 cm³/mol. The number of aliphatic hydroxyl groups is 1. The number of aryl methyl sites for hydroxylation is 1. The number of carbonyl (C=O) groups is 2. The maximum atomic E-state index is 13.2. The summed E-state index contributed by atoms with van der Waals surface area (Å²) in [6, 6.07) is 10.8. The number of benzene rings is 1. The van der Waals surface area contributed by atoms with Crippen LogP contribution in [-0.2, 0) is 22.7 Å². The van der Waals surface area contributed by atoms with E-state index in [0.717, 1.165) is 11.3 Å². The number of ether oxygens (including phenoxy) is 1. The number of rotatable bonds is 6. The first-order chi connectivity index (χ1) is 17.9. The Balaban J connectivity index is 1.52. The number of likely N-dealkylation sites (N-methyl/N-ethyl adjacent to an activating group) is 1. The highest BCUT2D eigenvalue weighted by Gasteiger charge is 2.30. The van der Waals surface area contributed by atoms with Gasteiger partial charge in [-0.1, -0.05) is 47.6 Å². The molecule has 1 aliphatic rings. The molecule has 0 bridgehead atoms. The average molecular weight is 511 g/mol. The van der Waals surface area contributed by atoms with E-state index in [1.165, 1.54) is 0 Å². The topological polar surface area (TPSA) is 127 Å². The molecule has 3 atom stereocenters. The van der Waals surface area contributed by atoms with Gasteiger partial charge in [0.25, 0.3) is 5.91 Å². The first kappa shape index (κ1) is 26.5. The summed E-state index contributed by atoms with van der Waals surface area (Å²) in [5.74, 6) is 0.0566. The number of carbonyl (C=O) groups excluding carboxylic acids is 2. The van der Waals surface area contributed by atoms with Crippen molar-refractivity contribution >= 4 is 11.8 Å². The van der Waals surface area contributed by atoms with Crippen molar-refractivity contribution in [3.8, 4) is 11.3 Å². The quantitative estimate of drug-likeness (QED) is 0.535. The largest absolute Gasteiger partial charge is 0.394 e. The summed E-state index contributed by atoms with van der Waals surface area (Å²) in [6.45, 7) is 5.16. The van der Waals surface area contributed by atoms with Gasteiger partial charge in [-0.2, -0.15) is 0 Å². The fourth-order valence-corrected chi connectivity index (χ4v) is 4.41. The molecule has 1 aromatic carbocycles. The Labute approximate surface area is 216 Å². The summed E-state index contributed by atoms with van der Waals surface area (Å²) in [5.41, 5.74) is 1.85. The monoisotopic (exact) mass is 510 g/mol. The molecule has 0 radical (unpaired) electrons. The van der Waals surface area contributed by atoms with Gasteiger partial charge in [-0.3, -0.25) is 9.59 Å². The molecule has 0 fully saturated rings. The second-order valence-corrected chi connectivity index (χ2v) is 9.58. The van der Waals surface area contributed by atoms with Gasteiger partial charge in [0.15, 0.2) is 11.5 Å². The molecule has 37 heavy (non-hydrogen) atoms. The highest BCUT2D eigenvalue weighted by molar-refractivity contribution is 5.93. The van der Waals surface area contributed by atoms with Crippen LogP contribution in [0.25, 0.3) is 11.3 Å². The minimum atomic E-state index is -0.404. The van der Waals surface area contributed by atoms with E-state index in [9.17, 15) is 14.7 Å². The van der Waals surface area contributed by atoms with Crippen LogP contribution >= 0.6 is 0 Å². The maximum Gasteiger partial charge on any atom is 0.275 e. The molecule has 0 aliphatic carbocycles. The molecule has 0 saturated heterocycles. The summed E-state index contributed by atoms with van der Waals surface area (Å²) < 4.78 is 13.5. The van der Waals surface area contributed by atoms with E-state index in [0.29, 0.717) is 31.7 Å². The standard InChI is InChI=1S/C26H34N6O5/c1-18-14-31(19(2)16-33)25(34)10-7-11-32-21(13-27-29-32)17-36-24(18)15-30(3)26(35)22-12-23(37-28-22)20-8-5-4-6-9-20/h4-6,8-9,12-13,18-19,24,33H,7,10-11,14-17H2,1-3H3/t18-,19+,24-/m1/s1. The lowest BCUT2D eigenvalue weighted by atomic mass is 10.0. The van der Waals surface area contributed by atoms with Crippen molar-refractivity contribution in [1.82, 2.24) is 30.0 Å². The lowest BCUT2D eigenvalue weighted by Gasteiger charge is -2.35. The summed E-state index contributed by atoms with van der Waals surface area (Å²) in [5, 5.41) is 21.9. The van der Waals surface area contributed by atoms with Gasteiger partial charge >= 0.3 is 0 Å². The normalized spacial score (nSPS) is 20.0. The second-order valence-electron chi connectivity index (χ2n) is 9.58. The SMILES string of the molecule is C[C@@H]1CN([C@@H](C)CO)C(=O)CCCn2nncc2CO[C@@H]1CN(C)C(=O)c1cc(-c2ccccc2)on1. The molecular weight excluding hydrogens is 476 g/mol. The summed E-state index contributed by atoms with van der Waals surface area (Å²) in [6.07, 6.45) is 2.21. The first-order valence-electron chi connectivity index (χ1n) is 12.5. The van der Waals surface area contributed by atoms with Gasteiger partial charge in [-0.25, -0.2) is 4.68 Å². The minimum Gasteiger partial charge on any atom is -0.394 e. The van der Waals surface area contributed by atoms with Crippen molar-refractivity contribution in [2.75, 3.05) is 26.7 Å². The summed E-state index contributed by atoms with van der Waals surface area (Å²) in [7, 11) is 1.69. The third-order valence-corrected chi connectivity index (χ3v) is 6.73.